The lowest BCUT2D eigenvalue weighted by Crippen LogP contribution is -2.17. The van der Waals surface area contributed by atoms with Gasteiger partial charge < -0.3 is 4.74 Å². The normalized spacial score (nSPS) is 10.9. The molecule has 1 heterocycles. The fourth-order valence-corrected chi connectivity index (χ4v) is 2.51. The van der Waals surface area contributed by atoms with Crippen LogP contribution >= 0.6 is 11.6 Å². The molecule has 1 aromatic heterocycles. The quantitative estimate of drug-likeness (QED) is 0.313. The van der Waals surface area contributed by atoms with Crippen LogP contribution in [0.3, 0.4) is 0 Å². The van der Waals surface area contributed by atoms with E-state index in [0.717, 1.165) is 0 Å². The van der Waals surface area contributed by atoms with E-state index in [2.05, 4.69) is 15.5 Å². The lowest BCUT2D eigenvalue weighted by atomic mass is 10.1. The van der Waals surface area contributed by atoms with Gasteiger partial charge in [-0.05, 0) is 36.4 Å². The number of nitrogens with one attached hydrogen (secondary N) is 1. The van der Waals surface area contributed by atoms with Gasteiger partial charge in [0.25, 0.3) is 11.6 Å². The Morgan fingerprint density at radius 2 is 2.00 bits per heavy atom. The number of fused-ring (bicyclic) bond motifs is 1. The molecule has 0 radical (unpaired) electrons. The molecular formula is C18H13ClN4O4. The van der Waals surface area contributed by atoms with Crippen LogP contribution in [0.5, 0.6) is 5.75 Å². The van der Waals surface area contributed by atoms with Crippen LogP contribution in [0.2, 0.25) is 5.15 Å². The molecule has 136 valence electrons. The molecule has 0 atom stereocenters. The summed E-state index contributed by atoms with van der Waals surface area (Å²) in [6, 6.07) is 12.5. The van der Waals surface area contributed by atoms with Crippen molar-refractivity contribution in [3.8, 4) is 5.75 Å². The van der Waals surface area contributed by atoms with E-state index < -0.39 is 10.8 Å². The van der Waals surface area contributed by atoms with E-state index in [1.165, 1.54) is 18.3 Å². The van der Waals surface area contributed by atoms with Crippen molar-refractivity contribution in [1.82, 2.24) is 10.4 Å². The molecule has 9 heteroatoms. The van der Waals surface area contributed by atoms with Crippen molar-refractivity contribution in [2.45, 2.75) is 0 Å². The van der Waals surface area contributed by atoms with Gasteiger partial charge in [0.05, 0.1) is 23.8 Å². The van der Waals surface area contributed by atoms with Crippen LogP contribution in [0.25, 0.3) is 10.9 Å². The highest BCUT2D eigenvalue weighted by molar-refractivity contribution is 6.32. The van der Waals surface area contributed by atoms with Crippen molar-refractivity contribution in [3.63, 3.8) is 0 Å². The molecule has 0 aliphatic rings. The maximum absolute atomic E-state index is 12.1. The van der Waals surface area contributed by atoms with Gasteiger partial charge >= 0.3 is 0 Å². The largest absolute Gasteiger partial charge is 0.497 e. The van der Waals surface area contributed by atoms with Crippen molar-refractivity contribution in [1.29, 1.82) is 0 Å². The van der Waals surface area contributed by atoms with Crippen LogP contribution in [0.1, 0.15) is 15.9 Å². The van der Waals surface area contributed by atoms with Crippen molar-refractivity contribution in [2.75, 3.05) is 7.11 Å². The van der Waals surface area contributed by atoms with Gasteiger partial charge in [-0.3, -0.25) is 14.9 Å². The Hall–Kier alpha value is -3.52. The van der Waals surface area contributed by atoms with Crippen LogP contribution in [0.15, 0.2) is 53.6 Å². The number of halogens is 1. The van der Waals surface area contributed by atoms with Crippen molar-refractivity contribution >= 4 is 40.3 Å². The minimum absolute atomic E-state index is 0.0701. The summed E-state index contributed by atoms with van der Waals surface area (Å²) in [6.45, 7) is 0. The minimum atomic E-state index is -0.501. The Morgan fingerprint density at radius 3 is 2.67 bits per heavy atom. The van der Waals surface area contributed by atoms with Gasteiger partial charge in [-0.25, -0.2) is 10.4 Å². The SMILES string of the molecule is COc1ccc(C(=O)N/N=C\c2cc3ccc([N+](=O)[O-])cc3nc2Cl)cc1. The summed E-state index contributed by atoms with van der Waals surface area (Å²) in [4.78, 5) is 26.5. The summed E-state index contributed by atoms with van der Waals surface area (Å²) in [6.07, 6.45) is 1.36. The summed E-state index contributed by atoms with van der Waals surface area (Å²) in [5.41, 5.74) is 3.61. The average molecular weight is 385 g/mol. The second-order valence-electron chi connectivity index (χ2n) is 5.43. The van der Waals surface area contributed by atoms with Gasteiger partial charge in [0, 0.05) is 28.6 Å². The zero-order valence-electron chi connectivity index (χ0n) is 14.0. The molecule has 0 saturated heterocycles. The highest BCUT2D eigenvalue weighted by Crippen LogP contribution is 2.23. The lowest BCUT2D eigenvalue weighted by Gasteiger charge is -2.03. The number of hydrogen-bond acceptors (Lipinski definition) is 6. The summed E-state index contributed by atoms with van der Waals surface area (Å²) < 4.78 is 5.04. The first-order chi connectivity index (χ1) is 13.0. The molecule has 1 amide bonds. The molecule has 0 fully saturated rings. The first-order valence-corrected chi connectivity index (χ1v) is 8.08. The number of rotatable bonds is 5. The van der Waals surface area contributed by atoms with E-state index in [1.54, 1.807) is 43.5 Å². The maximum atomic E-state index is 12.1. The number of ether oxygens (including phenoxy) is 1. The van der Waals surface area contributed by atoms with Crippen LogP contribution in [0, 0.1) is 10.1 Å². The molecule has 2 aromatic carbocycles. The summed E-state index contributed by atoms with van der Waals surface area (Å²) in [5, 5.41) is 15.5. The fraction of sp³-hybridized carbons (Fsp3) is 0.0556. The van der Waals surface area contributed by atoms with Gasteiger partial charge in [-0.15, -0.1) is 0 Å². The van der Waals surface area contributed by atoms with E-state index in [4.69, 9.17) is 16.3 Å². The standard InChI is InChI=1S/C18H13ClN4O4/c1-27-15-6-3-11(4-7-15)18(24)22-20-10-13-8-12-2-5-14(23(25)26)9-16(12)21-17(13)19/h2-10H,1H3,(H,22,24)/b20-10-. The number of carbonyl (C=O) groups is 1. The Morgan fingerprint density at radius 1 is 1.26 bits per heavy atom. The number of nitro benzene ring substituents is 1. The Labute approximate surface area is 158 Å². The van der Waals surface area contributed by atoms with E-state index in [0.29, 0.717) is 27.8 Å². The summed E-state index contributed by atoms with van der Waals surface area (Å²) in [5.74, 6) is 0.249. The average Bonchev–Trinajstić information content (AvgIpc) is 2.67. The molecule has 0 aliphatic carbocycles. The fourth-order valence-electron chi connectivity index (χ4n) is 2.32. The molecular weight excluding hydrogens is 372 g/mol. The molecule has 1 N–H and O–H groups in total. The molecule has 0 unspecified atom stereocenters. The number of nitrogens with zero attached hydrogens (tertiary/aromatic N) is 3. The molecule has 0 aliphatic heterocycles. The monoisotopic (exact) mass is 384 g/mol. The van der Waals surface area contributed by atoms with Gasteiger partial charge in [0.1, 0.15) is 10.9 Å². The van der Waals surface area contributed by atoms with Crippen LogP contribution in [-0.2, 0) is 0 Å². The van der Waals surface area contributed by atoms with E-state index in [9.17, 15) is 14.9 Å². The van der Waals surface area contributed by atoms with E-state index in [1.807, 2.05) is 0 Å². The van der Waals surface area contributed by atoms with Crippen molar-refractivity contribution in [3.05, 3.63) is 74.9 Å². The molecule has 3 aromatic rings. The first-order valence-electron chi connectivity index (χ1n) is 7.70. The number of hydrazone groups is 1. The second kappa shape index (κ2) is 7.79. The number of methoxy groups -OCH3 is 1. The zero-order chi connectivity index (χ0) is 19.4. The van der Waals surface area contributed by atoms with Gasteiger partial charge in [0.2, 0.25) is 0 Å². The highest BCUT2D eigenvalue weighted by Gasteiger charge is 2.10. The second-order valence-corrected chi connectivity index (χ2v) is 5.79. The summed E-state index contributed by atoms with van der Waals surface area (Å²) in [7, 11) is 1.54. The van der Waals surface area contributed by atoms with Gasteiger partial charge in [-0.1, -0.05) is 11.6 Å². The molecule has 27 heavy (non-hydrogen) atoms. The number of benzene rings is 2. The smallest absolute Gasteiger partial charge is 0.271 e. The number of hydrogen-bond donors (Lipinski definition) is 1. The summed E-state index contributed by atoms with van der Waals surface area (Å²) >= 11 is 6.10. The van der Waals surface area contributed by atoms with Crippen LogP contribution < -0.4 is 10.2 Å². The zero-order valence-corrected chi connectivity index (χ0v) is 14.8. The lowest BCUT2D eigenvalue weighted by molar-refractivity contribution is -0.384. The topological polar surface area (TPSA) is 107 Å². The third-order valence-electron chi connectivity index (χ3n) is 3.71. The highest BCUT2D eigenvalue weighted by atomic mass is 35.5. The Kier molecular flexibility index (Phi) is 5.28. The van der Waals surface area contributed by atoms with Crippen molar-refractivity contribution < 1.29 is 14.5 Å². The van der Waals surface area contributed by atoms with E-state index in [-0.39, 0.29) is 10.8 Å². The predicted molar refractivity (Wildman–Crippen MR) is 101 cm³/mol. The van der Waals surface area contributed by atoms with Crippen molar-refractivity contribution in [2.24, 2.45) is 5.10 Å². The number of aromatic nitrogens is 1. The minimum Gasteiger partial charge on any atom is -0.497 e. The van der Waals surface area contributed by atoms with E-state index >= 15 is 0 Å². The number of non-ortho nitro benzene ring substituents is 1. The maximum Gasteiger partial charge on any atom is 0.271 e. The number of amides is 1. The number of pyridine rings is 1. The predicted octanol–water partition coefficient (Wildman–Crippen LogP) is 3.57. The van der Waals surface area contributed by atoms with Gasteiger partial charge in [0.15, 0.2) is 0 Å². The van der Waals surface area contributed by atoms with Crippen LogP contribution in [0.4, 0.5) is 5.69 Å². The molecule has 0 saturated carbocycles. The first kappa shape index (κ1) is 18.3. The van der Waals surface area contributed by atoms with Crippen LogP contribution in [-0.4, -0.2) is 29.1 Å². The molecule has 0 spiro atoms. The number of nitro groups is 1. The number of carbonyl (C=O) groups excluding carboxylic acids is 1. The molecule has 0 bridgehead atoms. The third-order valence-corrected chi connectivity index (χ3v) is 4.02. The Balaban J connectivity index is 1.76. The third kappa shape index (κ3) is 4.18. The Bertz CT molecular complexity index is 1050. The molecule has 8 nitrogen and oxygen atoms in total. The molecule has 3 rings (SSSR count). The van der Waals surface area contributed by atoms with Gasteiger partial charge in [-0.2, -0.15) is 5.10 Å².